The first-order chi connectivity index (χ1) is 11.2. The van der Waals surface area contributed by atoms with Gasteiger partial charge in [0.25, 0.3) is 0 Å². The first-order valence-electron chi connectivity index (χ1n) is 8.55. The van der Waals surface area contributed by atoms with Crippen LogP contribution in [0.25, 0.3) is 0 Å². The standard InChI is InChI=1S/C18H26N4O/c1-3-22-14-16(13-20-22)5-9-21-10-6-17(7-11-21)23-18-4-8-19-12-15(18)2/h4,8,12-14,17H,3,5-7,9-11H2,1-2H3. The predicted octanol–water partition coefficient (Wildman–Crippen LogP) is 2.69. The van der Waals surface area contributed by atoms with E-state index in [0.29, 0.717) is 6.10 Å². The molecule has 0 atom stereocenters. The molecule has 3 heterocycles. The predicted molar refractivity (Wildman–Crippen MR) is 90.7 cm³/mol. The number of aryl methyl sites for hydroxylation is 2. The van der Waals surface area contributed by atoms with Crippen molar-refractivity contribution in [2.45, 2.75) is 45.8 Å². The quantitative estimate of drug-likeness (QED) is 0.822. The van der Waals surface area contributed by atoms with Crippen molar-refractivity contribution in [1.82, 2.24) is 19.7 Å². The monoisotopic (exact) mass is 314 g/mol. The molecule has 5 nitrogen and oxygen atoms in total. The number of aromatic nitrogens is 3. The SMILES string of the molecule is CCn1cc(CCN2CCC(Oc3ccncc3C)CC2)cn1. The zero-order valence-corrected chi connectivity index (χ0v) is 14.1. The molecule has 0 N–H and O–H groups in total. The van der Waals surface area contributed by atoms with Crippen molar-refractivity contribution in [2.75, 3.05) is 19.6 Å². The summed E-state index contributed by atoms with van der Waals surface area (Å²) in [6, 6.07) is 1.97. The molecule has 0 amide bonds. The average molecular weight is 314 g/mol. The Morgan fingerprint density at radius 2 is 2.09 bits per heavy atom. The molecule has 0 spiro atoms. The van der Waals surface area contributed by atoms with Crippen LogP contribution in [0.2, 0.25) is 0 Å². The fourth-order valence-electron chi connectivity index (χ4n) is 3.02. The molecule has 0 aromatic carbocycles. The lowest BCUT2D eigenvalue weighted by Gasteiger charge is -2.32. The number of hydrogen-bond acceptors (Lipinski definition) is 4. The normalized spacial score (nSPS) is 16.6. The Labute approximate surface area is 138 Å². The van der Waals surface area contributed by atoms with Crippen molar-refractivity contribution < 1.29 is 4.74 Å². The van der Waals surface area contributed by atoms with Gasteiger partial charge in [0, 0.05) is 50.3 Å². The third kappa shape index (κ3) is 4.32. The van der Waals surface area contributed by atoms with E-state index in [4.69, 9.17) is 4.74 Å². The molecular formula is C18H26N4O. The van der Waals surface area contributed by atoms with Crippen molar-refractivity contribution in [3.05, 3.63) is 42.0 Å². The smallest absolute Gasteiger partial charge is 0.125 e. The van der Waals surface area contributed by atoms with Crippen LogP contribution in [0.15, 0.2) is 30.9 Å². The van der Waals surface area contributed by atoms with E-state index in [0.717, 1.165) is 56.8 Å². The van der Waals surface area contributed by atoms with Gasteiger partial charge in [0.15, 0.2) is 0 Å². The molecule has 0 saturated carbocycles. The molecule has 0 unspecified atom stereocenters. The first-order valence-corrected chi connectivity index (χ1v) is 8.55. The van der Waals surface area contributed by atoms with Crippen molar-refractivity contribution in [2.24, 2.45) is 0 Å². The van der Waals surface area contributed by atoms with Crippen molar-refractivity contribution in [3.63, 3.8) is 0 Å². The Morgan fingerprint density at radius 3 is 2.78 bits per heavy atom. The second-order valence-electron chi connectivity index (χ2n) is 6.25. The summed E-state index contributed by atoms with van der Waals surface area (Å²) in [5.74, 6) is 0.977. The van der Waals surface area contributed by atoms with E-state index in [1.54, 1.807) is 6.20 Å². The summed E-state index contributed by atoms with van der Waals surface area (Å²) in [5, 5.41) is 4.34. The maximum atomic E-state index is 6.14. The first kappa shape index (κ1) is 16.0. The summed E-state index contributed by atoms with van der Waals surface area (Å²) in [7, 11) is 0. The van der Waals surface area contributed by atoms with Crippen LogP contribution in [-0.2, 0) is 13.0 Å². The van der Waals surface area contributed by atoms with Crippen LogP contribution >= 0.6 is 0 Å². The third-order valence-electron chi connectivity index (χ3n) is 4.52. The van der Waals surface area contributed by atoms with Gasteiger partial charge in [-0.3, -0.25) is 9.67 Å². The number of ether oxygens (including phenoxy) is 1. The van der Waals surface area contributed by atoms with Crippen LogP contribution in [0.3, 0.4) is 0 Å². The van der Waals surface area contributed by atoms with Crippen LogP contribution in [0.4, 0.5) is 0 Å². The Morgan fingerprint density at radius 1 is 1.26 bits per heavy atom. The van der Waals surface area contributed by atoms with Crippen LogP contribution in [0.5, 0.6) is 5.75 Å². The molecule has 2 aromatic rings. The fraction of sp³-hybridized carbons (Fsp3) is 0.556. The number of hydrogen-bond donors (Lipinski definition) is 0. The number of rotatable bonds is 6. The minimum absolute atomic E-state index is 0.329. The Balaban J connectivity index is 1.42. The highest BCUT2D eigenvalue weighted by molar-refractivity contribution is 5.28. The number of piperidine rings is 1. The Hall–Kier alpha value is -1.88. The molecule has 2 aromatic heterocycles. The molecule has 0 bridgehead atoms. The van der Waals surface area contributed by atoms with E-state index in [-0.39, 0.29) is 0 Å². The van der Waals surface area contributed by atoms with E-state index >= 15 is 0 Å². The molecule has 5 heteroatoms. The van der Waals surface area contributed by atoms with E-state index in [1.807, 2.05) is 30.1 Å². The highest BCUT2D eigenvalue weighted by atomic mass is 16.5. The van der Waals surface area contributed by atoms with E-state index < -0.39 is 0 Å². The summed E-state index contributed by atoms with van der Waals surface area (Å²) >= 11 is 0. The zero-order chi connectivity index (χ0) is 16.1. The lowest BCUT2D eigenvalue weighted by Crippen LogP contribution is -2.39. The zero-order valence-electron chi connectivity index (χ0n) is 14.1. The van der Waals surface area contributed by atoms with Gasteiger partial charge in [-0.1, -0.05) is 0 Å². The molecule has 3 rings (SSSR count). The van der Waals surface area contributed by atoms with Crippen molar-refractivity contribution in [3.8, 4) is 5.75 Å². The van der Waals surface area contributed by atoms with Gasteiger partial charge in [0.05, 0.1) is 6.20 Å². The maximum absolute atomic E-state index is 6.14. The topological polar surface area (TPSA) is 43.2 Å². The lowest BCUT2D eigenvalue weighted by molar-refractivity contribution is 0.101. The minimum atomic E-state index is 0.329. The number of likely N-dealkylation sites (tertiary alicyclic amines) is 1. The van der Waals surface area contributed by atoms with Crippen LogP contribution in [-0.4, -0.2) is 45.4 Å². The van der Waals surface area contributed by atoms with Crippen LogP contribution in [0.1, 0.15) is 30.9 Å². The lowest BCUT2D eigenvalue weighted by atomic mass is 10.1. The Bertz CT molecular complexity index is 617. The third-order valence-corrected chi connectivity index (χ3v) is 4.52. The molecule has 0 radical (unpaired) electrons. The van der Waals surface area contributed by atoms with Gasteiger partial charge in [0.1, 0.15) is 11.9 Å². The Kier molecular flexibility index (Phi) is 5.28. The molecule has 1 saturated heterocycles. The molecule has 1 aliphatic rings. The molecule has 0 aliphatic carbocycles. The highest BCUT2D eigenvalue weighted by Crippen LogP contribution is 2.21. The number of nitrogens with zero attached hydrogens (tertiary/aromatic N) is 4. The van der Waals surface area contributed by atoms with Gasteiger partial charge in [-0.05, 0) is 44.7 Å². The summed E-state index contributed by atoms with van der Waals surface area (Å²) in [4.78, 5) is 6.65. The van der Waals surface area contributed by atoms with Gasteiger partial charge in [-0.25, -0.2) is 0 Å². The van der Waals surface area contributed by atoms with Crippen molar-refractivity contribution in [1.29, 1.82) is 0 Å². The van der Waals surface area contributed by atoms with Gasteiger partial charge in [-0.15, -0.1) is 0 Å². The minimum Gasteiger partial charge on any atom is -0.490 e. The molecule has 1 aliphatic heterocycles. The highest BCUT2D eigenvalue weighted by Gasteiger charge is 2.20. The number of pyridine rings is 1. The van der Waals surface area contributed by atoms with Crippen LogP contribution in [0, 0.1) is 6.92 Å². The summed E-state index contributed by atoms with van der Waals surface area (Å²) in [6.07, 6.45) is 11.4. The van der Waals surface area contributed by atoms with Gasteiger partial charge in [0.2, 0.25) is 0 Å². The largest absolute Gasteiger partial charge is 0.490 e. The average Bonchev–Trinajstić information content (AvgIpc) is 3.04. The van der Waals surface area contributed by atoms with Gasteiger partial charge in [-0.2, -0.15) is 5.10 Å². The molecule has 1 fully saturated rings. The summed E-state index contributed by atoms with van der Waals surface area (Å²) in [5.41, 5.74) is 2.44. The van der Waals surface area contributed by atoms with E-state index in [1.165, 1.54) is 5.56 Å². The summed E-state index contributed by atoms with van der Waals surface area (Å²) in [6.45, 7) is 8.43. The van der Waals surface area contributed by atoms with E-state index in [9.17, 15) is 0 Å². The second-order valence-corrected chi connectivity index (χ2v) is 6.25. The molecule has 23 heavy (non-hydrogen) atoms. The van der Waals surface area contributed by atoms with E-state index in [2.05, 4.69) is 28.1 Å². The second kappa shape index (κ2) is 7.59. The van der Waals surface area contributed by atoms with Crippen molar-refractivity contribution >= 4 is 0 Å². The molecular weight excluding hydrogens is 288 g/mol. The maximum Gasteiger partial charge on any atom is 0.125 e. The fourth-order valence-corrected chi connectivity index (χ4v) is 3.02. The van der Waals surface area contributed by atoms with Gasteiger partial charge < -0.3 is 9.64 Å². The summed E-state index contributed by atoms with van der Waals surface area (Å²) < 4.78 is 8.13. The molecule has 124 valence electrons. The van der Waals surface area contributed by atoms with Crippen LogP contribution < -0.4 is 4.74 Å². The van der Waals surface area contributed by atoms with Gasteiger partial charge >= 0.3 is 0 Å².